The van der Waals surface area contributed by atoms with Crippen LogP contribution in [-0.4, -0.2) is 5.91 Å². The second kappa shape index (κ2) is 16.8. The first-order chi connectivity index (χ1) is 11.3. The van der Waals surface area contributed by atoms with Crippen molar-refractivity contribution in [1.29, 1.82) is 0 Å². The summed E-state index contributed by atoms with van der Waals surface area (Å²) in [4.78, 5) is 11.8. The van der Waals surface area contributed by atoms with Crippen molar-refractivity contribution in [2.45, 2.75) is 90.6 Å². The Bertz CT molecular complexity index is 398. The highest BCUT2D eigenvalue weighted by Crippen LogP contribution is 2.11. The molecule has 0 unspecified atom stereocenters. The highest BCUT2D eigenvalue weighted by molar-refractivity contribution is 5.75. The Labute approximate surface area is 154 Å². The Balaban J connectivity index is 0.00000529. The van der Waals surface area contributed by atoms with Gasteiger partial charge >= 0.3 is 0 Å². The molecule has 1 aromatic rings. The van der Waals surface area contributed by atoms with Crippen LogP contribution in [0.25, 0.3) is 0 Å². The van der Waals surface area contributed by atoms with Crippen LogP contribution in [0.4, 0.5) is 0 Å². The molecule has 3 nitrogen and oxygen atoms in total. The van der Waals surface area contributed by atoms with Crippen molar-refractivity contribution in [2.75, 3.05) is 0 Å². The van der Waals surface area contributed by atoms with Gasteiger partial charge in [0.25, 0.3) is 0 Å². The molecule has 0 aromatic carbocycles. The maximum Gasteiger partial charge on any atom is 0.224 e. The van der Waals surface area contributed by atoms with Crippen LogP contribution in [0, 0.1) is 0 Å². The normalized spacial score (nSPS) is 10.2. The molecule has 1 N–H and O–H groups in total. The van der Waals surface area contributed by atoms with E-state index in [0.717, 1.165) is 6.42 Å². The maximum absolute atomic E-state index is 11.8. The van der Waals surface area contributed by atoms with Crippen LogP contribution in [0.3, 0.4) is 0 Å². The second-order valence-corrected chi connectivity index (χ2v) is 6.43. The van der Waals surface area contributed by atoms with Crippen molar-refractivity contribution >= 4 is 5.91 Å². The molecule has 0 bridgehead atoms. The van der Waals surface area contributed by atoms with Gasteiger partial charge in [-0.15, -0.1) is 0 Å². The number of unbranched alkanes of at least 4 members (excludes halogenated alkanes) is 10. The van der Waals surface area contributed by atoms with E-state index in [0.29, 0.717) is 13.1 Å². The maximum atomic E-state index is 11.8. The molecule has 1 rings (SSSR count). The minimum Gasteiger partial charge on any atom is -1.00 e. The predicted octanol–water partition coefficient (Wildman–Crippen LogP) is 1.75. The molecule has 0 saturated carbocycles. The van der Waals surface area contributed by atoms with Crippen LogP contribution in [0.1, 0.15) is 84.0 Å². The topological polar surface area (TPSA) is 33.0 Å². The van der Waals surface area contributed by atoms with Crippen molar-refractivity contribution in [2.24, 2.45) is 0 Å². The van der Waals surface area contributed by atoms with Crippen molar-refractivity contribution < 1.29 is 21.8 Å². The van der Waals surface area contributed by atoms with Crippen LogP contribution in [0.5, 0.6) is 0 Å². The molecule has 0 radical (unpaired) electrons. The molecule has 0 atom stereocenters. The lowest BCUT2D eigenvalue weighted by molar-refractivity contribution is -0.700. The van der Waals surface area contributed by atoms with Gasteiger partial charge in [0.2, 0.25) is 12.6 Å². The number of nitrogens with zero attached hydrogens (tertiary/aromatic N) is 1. The summed E-state index contributed by atoms with van der Waals surface area (Å²) in [7, 11) is 0. The first-order valence-corrected chi connectivity index (χ1v) is 9.53. The minimum atomic E-state index is 0. The minimum absolute atomic E-state index is 0. The average molecular weight is 355 g/mol. The molecule has 1 amide bonds. The summed E-state index contributed by atoms with van der Waals surface area (Å²) in [5, 5.41) is 2.96. The number of carbonyl (C=O) groups is 1. The largest absolute Gasteiger partial charge is 1.00 e. The Morgan fingerprint density at radius 3 is 1.83 bits per heavy atom. The summed E-state index contributed by atoms with van der Waals surface area (Å²) in [6, 6.07) is 5.91. The first-order valence-electron chi connectivity index (χ1n) is 9.53. The van der Waals surface area contributed by atoms with Crippen LogP contribution in [-0.2, 0) is 11.5 Å². The van der Waals surface area contributed by atoms with Gasteiger partial charge in [0.1, 0.15) is 0 Å². The molecule has 24 heavy (non-hydrogen) atoms. The third kappa shape index (κ3) is 13.4. The van der Waals surface area contributed by atoms with E-state index in [9.17, 15) is 4.79 Å². The molecule has 0 aliphatic carbocycles. The zero-order valence-electron chi connectivity index (χ0n) is 15.3. The van der Waals surface area contributed by atoms with Gasteiger partial charge in [-0.2, -0.15) is 4.57 Å². The Morgan fingerprint density at radius 1 is 0.792 bits per heavy atom. The fourth-order valence-corrected chi connectivity index (χ4v) is 2.76. The van der Waals surface area contributed by atoms with E-state index in [2.05, 4.69) is 12.2 Å². The Kier molecular flexibility index (Phi) is 16.0. The van der Waals surface area contributed by atoms with Gasteiger partial charge in [0.05, 0.1) is 0 Å². The van der Waals surface area contributed by atoms with Crippen molar-refractivity contribution in [3.63, 3.8) is 0 Å². The van der Waals surface area contributed by atoms with Crippen molar-refractivity contribution in [3.8, 4) is 0 Å². The predicted molar refractivity (Wildman–Crippen MR) is 95.9 cm³/mol. The number of rotatable bonds is 14. The quantitative estimate of drug-likeness (QED) is 0.401. The van der Waals surface area contributed by atoms with E-state index in [4.69, 9.17) is 0 Å². The molecule has 4 heteroatoms. The fraction of sp³-hybridized carbons (Fsp3) is 0.700. The summed E-state index contributed by atoms with van der Waals surface area (Å²) in [5.41, 5.74) is 0. The molecular formula is C20H35ClN2O. The molecule has 0 spiro atoms. The van der Waals surface area contributed by atoms with Crippen molar-refractivity contribution in [3.05, 3.63) is 30.6 Å². The SMILES string of the molecule is CCCCCCCCCCCCCC(=O)NC[n+]1ccccc1.[Cl-]. The number of hydrogen-bond donors (Lipinski definition) is 1. The molecule has 0 saturated heterocycles. The van der Waals surface area contributed by atoms with Crippen LogP contribution in [0.15, 0.2) is 30.6 Å². The monoisotopic (exact) mass is 354 g/mol. The van der Waals surface area contributed by atoms with Gasteiger partial charge in [-0.3, -0.25) is 4.79 Å². The van der Waals surface area contributed by atoms with Gasteiger partial charge in [-0.1, -0.05) is 77.2 Å². The van der Waals surface area contributed by atoms with Crippen LogP contribution in [0.2, 0.25) is 0 Å². The number of carbonyl (C=O) groups excluding carboxylic acids is 1. The third-order valence-electron chi connectivity index (χ3n) is 4.24. The zero-order chi connectivity index (χ0) is 16.6. The van der Waals surface area contributed by atoms with E-state index in [-0.39, 0.29) is 18.3 Å². The second-order valence-electron chi connectivity index (χ2n) is 6.43. The summed E-state index contributed by atoms with van der Waals surface area (Å²) >= 11 is 0. The highest BCUT2D eigenvalue weighted by atomic mass is 35.5. The summed E-state index contributed by atoms with van der Waals surface area (Å²) in [6.45, 7) is 2.83. The lowest BCUT2D eigenvalue weighted by Gasteiger charge is -2.03. The summed E-state index contributed by atoms with van der Waals surface area (Å²) in [5.74, 6) is 0.164. The molecule has 1 heterocycles. The smallest absolute Gasteiger partial charge is 0.224 e. The molecule has 0 aliphatic rings. The van der Waals surface area contributed by atoms with E-state index >= 15 is 0 Å². The van der Waals surface area contributed by atoms with Crippen LogP contribution >= 0.6 is 0 Å². The molecule has 0 fully saturated rings. The number of amides is 1. The molecule has 1 aromatic heterocycles. The van der Waals surface area contributed by atoms with E-state index < -0.39 is 0 Å². The van der Waals surface area contributed by atoms with E-state index in [1.807, 2.05) is 35.2 Å². The standard InChI is InChI=1S/C20H34N2O.ClH/c1-2-3-4-5-6-7-8-9-10-11-13-16-20(23)21-19-22-17-14-12-15-18-22;/h12,14-15,17-18H,2-11,13,16,19H2,1H3;1H. The van der Waals surface area contributed by atoms with E-state index in [1.165, 1.54) is 64.2 Å². The third-order valence-corrected chi connectivity index (χ3v) is 4.24. The lowest BCUT2D eigenvalue weighted by atomic mass is 10.1. The molecular weight excluding hydrogens is 320 g/mol. The first kappa shape index (κ1) is 22.9. The summed E-state index contributed by atoms with van der Waals surface area (Å²) in [6.07, 6.45) is 19.1. The van der Waals surface area contributed by atoms with Gasteiger partial charge in [0.15, 0.2) is 12.4 Å². The number of aromatic nitrogens is 1. The number of nitrogens with one attached hydrogen (secondary N) is 1. The van der Waals surface area contributed by atoms with Crippen molar-refractivity contribution in [1.82, 2.24) is 5.32 Å². The van der Waals surface area contributed by atoms with Gasteiger partial charge in [-0.05, 0) is 6.42 Å². The fourth-order valence-electron chi connectivity index (χ4n) is 2.76. The van der Waals surface area contributed by atoms with Gasteiger partial charge in [0, 0.05) is 18.6 Å². The average Bonchev–Trinajstić information content (AvgIpc) is 2.59. The number of halogens is 1. The Hall–Kier alpha value is -1.09. The highest BCUT2D eigenvalue weighted by Gasteiger charge is 2.03. The number of hydrogen-bond acceptors (Lipinski definition) is 1. The molecule has 0 aliphatic heterocycles. The lowest BCUT2D eigenvalue weighted by Crippen LogP contribution is -3.00. The van der Waals surface area contributed by atoms with Crippen LogP contribution < -0.4 is 22.3 Å². The van der Waals surface area contributed by atoms with E-state index in [1.54, 1.807) is 0 Å². The molecule has 138 valence electrons. The summed E-state index contributed by atoms with van der Waals surface area (Å²) < 4.78 is 1.97. The van der Waals surface area contributed by atoms with Gasteiger partial charge < -0.3 is 17.7 Å². The van der Waals surface area contributed by atoms with Gasteiger partial charge in [-0.25, -0.2) is 0 Å². The zero-order valence-corrected chi connectivity index (χ0v) is 16.1. The number of pyridine rings is 1. The Morgan fingerprint density at radius 2 is 1.29 bits per heavy atom.